The first-order valence-electron chi connectivity index (χ1n) is 9.96. The minimum Gasteiger partial charge on any atom is -0.448 e. The standard InChI is InChI=1S/C20H26N4O4S/c1-16-21-19(15-28-16)20(25)23-13-17(14-23)24(12-11-22-9-5-6-10-22)29(26,27)18-7-3-2-4-8-18/h2-4,7-8,15,17H,5-6,9-14H2,1H3. The molecule has 1 aromatic heterocycles. The van der Waals surface area contributed by atoms with E-state index < -0.39 is 10.0 Å². The normalized spacial score (nSPS) is 18.3. The molecule has 0 unspecified atom stereocenters. The second-order valence-corrected chi connectivity index (χ2v) is 9.48. The average Bonchev–Trinajstić information content (AvgIpc) is 3.35. The average molecular weight is 419 g/mol. The second kappa shape index (κ2) is 8.25. The summed E-state index contributed by atoms with van der Waals surface area (Å²) >= 11 is 0. The number of rotatable bonds is 7. The number of aryl methyl sites for hydroxylation is 1. The number of hydrogen-bond donors (Lipinski definition) is 0. The molecule has 29 heavy (non-hydrogen) atoms. The van der Waals surface area contributed by atoms with Crippen LogP contribution in [0.1, 0.15) is 29.2 Å². The predicted molar refractivity (Wildman–Crippen MR) is 107 cm³/mol. The Kier molecular flexibility index (Phi) is 5.71. The molecule has 8 nitrogen and oxygen atoms in total. The lowest BCUT2D eigenvalue weighted by molar-refractivity contribution is 0.0436. The molecule has 1 aromatic carbocycles. The number of carbonyl (C=O) groups is 1. The van der Waals surface area contributed by atoms with Crippen LogP contribution in [0.5, 0.6) is 0 Å². The molecule has 2 aliphatic rings. The molecule has 1 amide bonds. The molecule has 0 bridgehead atoms. The molecular weight excluding hydrogens is 392 g/mol. The van der Waals surface area contributed by atoms with E-state index in [1.54, 1.807) is 46.5 Å². The Bertz CT molecular complexity index is 948. The van der Waals surface area contributed by atoms with Gasteiger partial charge < -0.3 is 14.2 Å². The lowest BCUT2D eigenvalue weighted by Crippen LogP contribution is -2.63. The van der Waals surface area contributed by atoms with Crippen LogP contribution in [-0.2, 0) is 10.0 Å². The molecule has 0 atom stereocenters. The first-order valence-corrected chi connectivity index (χ1v) is 11.4. The van der Waals surface area contributed by atoms with Crippen LogP contribution in [0.2, 0.25) is 0 Å². The van der Waals surface area contributed by atoms with Crippen molar-refractivity contribution in [1.29, 1.82) is 0 Å². The molecule has 2 aliphatic heterocycles. The number of sulfonamides is 1. The third-order valence-electron chi connectivity index (χ3n) is 5.58. The number of carbonyl (C=O) groups excluding carboxylic acids is 1. The zero-order chi connectivity index (χ0) is 20.4. The van der Waals surface area contributed by atoms with Crippen LogP contribution in [0, 0.1) is 6.92 Å². The van der Waals surface area contributed by atoms with E-state index in [0.717, 1.165) is 25.9 Å². The van der Waals surface area contributed by atoms with Crippen molar-refractivity contribution in [3.05, 3.63) is 48.2 Å². The third kappa shape index (κ3) is 4.22. The molecule has 0 N–H and O–H groups in total. The first kappa shape index (κ1) is 20.1. The van der Waals surface area contributed by atoms with Gasteiger partial charge in [-0.05, 0) is 38.1 Å². The van der Waals surface area contributed by atoms with Gasteiger partial charge in [0.25, 0.3) is 5.91 Å². The maximum absolute atomic E-state index is 13.3. The summed E-state index contributed by atoms with van der Waals surface area (Å²) in [5.41, 5.74) is 0.260. The molecule has 2 fully saturated rings. The minimum absolute atomic E-state index is 0.227. The monoisotopic (exact) mass is 418 g/mol. The van der Waals surface area contributed by atoms with Crippen LogP contribution in [0.3, 0.4) is 0 Å². The second-order valence-electron chi connectivity index (χ2n) is 7.59. The summed E-state index contributed by atoms with van der Waals surface area (Å²) in [6, 6.07) is 8.27. The van der Waals surface area contributed by atoms with Gasteiger partial charge in [0, 0.05) is 33.1 Å². The van der Waals surface area contributed by atoms with Crippen LogP contribution < -0.4 is 0 Å². The summed E-state index contributed by atoms with van der Waals surface area (Å²) in [6.07, 6.45) is 3.67. The molecule has 0 radical (unpaired) electrons. The van der Waals surface area contributed by atoms with Gasteiger partial charge in [0.1, 0.15) is 6.26 Å². The number of likely N-dealkylation sites (tertiary alicyclic amines) is 2. The first-order chi connectivity index (χ1) is 13.9. The largest absolute Gasteiger partial charge is 0.448 e. The Hall–Kier alpha value is -2.23. The Morgan fingerprint density at radius 2 is 1.90 bits per heavy atom. The Morgan fingerprint density at radius 3 is 2.52 bits per heavy atom. The molecule has 4 rings (SSSR count). The van der Waals surface area contributed by atoms with Gasteiger partial charge in [-0.1, -0.05) is 18.2 Å². The lowest BCUT2D eigenvalue weighted by atomic mass is 10.1. The van der Waals surface area contributed by atoms with Crippen molar-refractivity contribution in [2.24, 2.45) is 0 Å². The van der Waals surface area contributed by atoms with Crippen molar-refractivity contribution in [2.45, 2.75) is 30.7 Å². The van der Waals surface area contributed by atoms with Crippen molar-refractivity contribution in [3.8, 4) is 0 Å². The van der Waals surface area contributed by atoms with E-state index in [1.807, 2.05) is 0 Å². The summed E-state index contributed by atoms with van der Waals surface area (Å²) in [7, 11) is -3.63. The van der Waals surface area contributed by atoms with Crippen molar-refractivity contribution in [1.82, 2.24) is 19.1 Å². The molecular formula is C20H26N4O4S. The van der Waals surface area contributed by atoms with Crippen LogP contribution in [0.4, 0.5) is 0 Å². The van der Waals surface area contributed by atoms with E-state index in [1.165, 1.54) is 6.26 Å². The van der Waals surface area contributed by atoms with Crippen LogP contribution in [-0.4, -0.2) is 78.7 Å². The van der Waals surface area contributed by atoms with E-state index in [-0.39, 0.29) is 17.6 Å². The fraction of sp³-hybridized carbons (Fsp3) is 0.500. The predicted octanol–water partition coefficient (Wildman–Crippen LogP) is 1.59. The summed E-state index contributed by atoms with van der Waals surface area (Å²) in [6.45, 7) is 5.56. The van der Waals surface area contributed by atoms with E-state index in [0.29, 0.717) is 37.0 Å². The summed E-state index contributed by atoms with van der Waals surface area (Å²) in [5, 5.41) is 0. The number of nitrogens with zero attached hydrogens (tertiary/aromatic N) is 4. The fourth-order valence-electron chi connectivity index (χ4n) is 3.90. The topological polar surface area (TPSA) is 87.0 Å². The Labute approximate surface area is 171 Å². The van der Waals surface area contributed by atoms with Gasteiger partial charge in [-0.3, -0.25) is 4.79 Å². The number of oxazole rings is 1. The van der Waals surface area contributed by atoms with Crippen LogP contribution in [0.25, 0.3) is 0 Å². The molecule has 2 aromatic rings. The number of amides is 1. The van der Waals surface area contributed by atoms with Gasteiger partial charge in [0.05, 0.1) is 10.9 Å². The summed E-state index contributed by atoms with van der Waals surface area (Å²) in [5.74, 6) is 0.207. The highest BCUT2D eigenvalue weighted by Gasteiger charge is 2.41. The van der Waals surface area contributed by atoms with E-state index in [9.17, 15) is 13.2 Å². The Morgan fingerprint density at radius 1 is 1.21 bits per heavy atom. The van der Waals surface area contributed by atoms with Gasteiger partial charge in [-0.15, -0.1) is 0 Å². The zero-order valence-corrected chi connectivity index (χ0v) is 17.3. The molecule has 2 saturated heterocycles. The van der Waals surface area contributed by atoms with Crippen molar-refractivity contribution in [3.63, 3.8) is 0 Å². The van der Waals surface area contributed by atoms with E-state index in [2.05, 4.69) is 9.88 Å². The van der Waals surface area contributed by atoms with Crippen LogP contribution in [0.15, 0.2) is 45.9 Å². The van der Waals surface area contributed by atoms with Gasteiger partial charge in [-0.25, -0.2) is 13.4 Å². The van der Waals surface area contributed by atoms with Crippen LogP contribution >= 0.6 is 0 Å². The smallest absolute Gasteiger partial charge is 0.275 e. The quantitative estimate of drug-likeness (QED) is 0.679. The molecule has 9 heteroatoms. The number of hydrogen-bond acceptors (Lipinski definition) is 6. The van der Waals surface area contributed by atoms with Gasteiger partial charge in [-0.2, -0.15) is 4.31 Å². The Balaban J connectivity index is 1.48. The van der Waals surface area contributed by atoms with Crippen molar-refractivity contribution >= 4 is 15.9 Å². The maximum Gasteiger partial charge on any atom is 0.275 e. The van der Waals surface area contributed by atoms with Crippen molar-refractivity contribution < 1.29 is 17.6 Å². The maximum atomic E-state index is 13.3. The highest BCUT2D eigenvalue weighted by atomic mass is 32.2. The van der Waals surface area contributed by atoms with Gasteiger partial charge in [0.2, 0.25) is 10.0 Å². The molecule has 3 heterocycles. The highest BCUT2D eigenvalue weighted by Crippen LogP contribution is 2.25. The SMILES string of the molecule is Cc1nc(C(=O)N2CC(N(CCN3CCCC3)S(=O)(=O)c3ccccc3)C2)co1. The lowest BCUT2D eigenvalue weighted by Gasteiger charge is -2.44. The minimum atomic E-state index is -3.63. The highest BCUT2D eigenvalue weighted by molar-refractivity contribution is 7.89. The zero-order valence-electron chi connectivity index (χ0n) is 16.5. The van der Waals surface area contributed by atoms with Gasteiger partial charge >= 0.3 is 0 Å². The molecule has 0 spiro atoms. The summed E-state index contributed by atoms with van der Waals surface area (Å²) < 4.78 is 33.3. The number of aromatic nitrogens is 1. The van der Waals surface area contributed by atoms with Crippen molar-refractivity contribution in [2.75, 3.05) is 39.3 Å². The summed E-state index contributed by atoms with van der Waals surface area (Å²) in [4.78, 5) is 20.8. The van der Waals surface area contributed by atoms with Gasteiger partial charge in [0.15, 0.2) is 11.6 Å². The van der Waals surface area contributed by atoms with E-state index in [4.69, 9.17) is 4.42 Å². The molecule has 0 saturated carbocycles. The number of benzene rings is 1. The fourth-order valence-corrected chi connectivity index (χ4v) is 5.52. The molecule has 0 aliphatic carbocycles. The third-order valence-corrected chi connectivity index (χ3v) is 7.55. The van der Waals surface area contributed by atoms with E-state index >= 15 is 0 Å². The molecule has 156 valence electrons.